The molecule has 0 bridgehead atoms. The first-order chi connectivity index (χ1) is 15.6. The number of fused-ring (bicyclic) bond motifs is 3. The second-order valence-corrected chi connectivity index (χ2v) is 8.06. The molecule has 1 fully saturated rings. The number of hydrogen-bond acceptors (Lipinski definition) is 4. The number of nitrogens with zero attached hydrogens (tertiary/aromatic N) is 4. The van der Waals surface area contributed by atoms with Crippen LogP contribution in [0.15, 0.2) is 48.9 Å². The van der Waals surface area contributed by atoms with Crippen LogP contribution in [0, 0.1) is 5.82 Å². The van der Waals surface area contributed by atoms with E-state index in [0.29, 0.717) is 47.1 Å². The van der Waals surface area contributed by atoms with Crippen molar-refractivity contribution in [2.45, 2.75) is 38.0 Å². The van der Waals surface area contributed by atoms with E-state index in [0.717, 1.165) is 18.5 Å². The van der Waals surface area contributed by atoms with Crippen LogP contribution in [-0.2, 0) is 11.2 Å². The Bertz CT molecular complexity index is 1310. The fourth-order valence-corrected chi connectivity index (χ4v) is 4.31. The number of pyridine rings is 1. The zero-order valence-corrected chi connectivity index (χ0v) is 16.9. The first-order valence-corrected chi connectivity index (χ1v) is 10.5. The van der Waals surface area contributed by atoms with Gasteiger partial charge in [0.15, 0.2) is 0 Å². The Morgan fingerprint density at radius 3 is 2.81 bits per heavy atom. The molecule has 32 heavy (non-hydrogen) atoms. The van der Waals surface area contributed by atoms with E-state index < -0.39 is 18.5 Å². The molecular formula is C23H19F3N4O2. The molecule has 4 aromatic rings. The van der Waals surface area contributed by atoms with E-state index in [1.807, 2.05) is 10.9 Å². The van der Waals surface area contributed by atoms with Gasteiger partial charge >= 0.3 is 6.61 Å². The van der Waals surface area contributed by atoms with Gasteiger partial charge in [0.2, 0.25) is 0 Å². The number of imidazole rings is 1. The third-order valence-corrected chi connectivity index (χ3v) is 5.95. The molecule has 1 aliphatic heterocycles. The third kappa shape index (κ3) is 3.24. The summed E-state index contributed by atoms with van der Waals surface area (Å²) in [6, 6.07) is 8.33. The molecule has 9 heteroatoms. The van der Waals surface area contributed by atoms with Crippen LogP contribution < -0.4 is 4.74 Å². The number of rotatable bonds is 5. The molecule has 6 rings (SSSR count). The summed E-state index contributed by atoms with van der Waals surface area (Å²) in [5.41, 5.74) is 3.42. The summed E-state index contributed by atoms with van der Waals surface area (Å²) in [5, 5.41) is 4.37. The third-order valence-electron chi connectivity index (χ3n) is 5.95. The van der Waals surface area contributed by atoms with Crippen LogP contribution in [0.25, 0.3) is 16.8 Å². The first kappa shape index (κ1) is 19.4. The van der Waals surface area contributed by atoms with Crippen molar-refractivity contribution in [3.05, 3.63) is 71.7 Å². The number of ether oxygens (including phenoxy) is 2. The number of alkyl halides is 2. The summed E-state index contributed by atoms with van der Waals surface area (Å²) in [4.78, 5) is 4.59. The van der Waals surface area contributed by atoms with Gasteiger partial charge in [-0.3, -0.25) is 9.08 Å². The van der Waals surface area contributed by atoms with Gasteiger partial charge in [-0.15, -0.1) is 0 Å². The highest BCUT2D eigenvalue weighted by molar-refractivity contribution is 5.65. The maximum atomic E-state index is 15.0. The van der Waals surface area contributed by atoms with Gasteiger partial charge in [-0.2, -0.15) is 13.9 Å². The van der Waals surface area contributed by atoms with Crippen LogP contribution in [0.2, 0.25) is 0 Å². The molecule has 1 aromatic carbocycles. The molecule has 0 unspecified atom stereocenters. The van der Waals surface area contributed by atoms with Crippen LogP contribution in [0.1, 0.15) is 41.9 Å². The first-order valence-electron chi connectivity index (χ1n) is 10.5. The number of benzene rings is 1. The van der Waals surface area contributed by atoms with Gasteiger partial charge < -0.3 is 9.47 Å². The molecule has 1 aliphatic carbocycles. The second-order valence-electron chi connectivity index (χ2n) is 8.06. The molecule has 2 aliphatic rings. The summed E-state index contributed by atoms with van der Waals surface area (Å²) in [7, 11) is 0. The zero-order valence-electron chi connectivity index (χ0n) is 16.9. The quantitative estimate of drug-likeness (QED) is 0.441. The van der Waals surface area contributed by atoms with E-state index in [4.69, 9.17) is 9.47 Å². The van der Waals surface area contributed by atoms with Crippen LogP contribution in [0.4, 0.5) is 13.2 Å². The molecule has 0 amide bonds. The van der Waals surface area contributed by atoms with E-state index in [1.54, 1.807) is 35.0 Å². The Kier molecular flexibility index (Phi) is 4.46. The summed E-state index contributed by atoms with van der Waals surface area (Å²) >= 11 is 0. The van der Waals surface area contributed by atoms with Crippen molar-refractivity contribution in [3.63, 3.8) is 0 Å². The van der Waals surface area contributed by atoms with Crippen molar-refractivity contribution in [2.75, 3.05) is 6.61 Å². The Hall–Kier alpha value is -3.33. The maximum absolute atomic E-state index is 15.0. The normalized spacial score (nSPS) is 18.3. The molecule has 0 spiro atoms. The maximum Gasteiger partial charge on any atom is 0.387 e. The van der Waals surface area contributed by atoms with Crippen molar-refractivity contribution in [1.82, 2.24) is 19.2 Å². The lowest BCUT2D eigenvalue weighted by Crippen LogP contribution is -2.20. The van der Waals surface area contributed by atoms with Gasteiger partial charge in [0.1, 0.15) is 23.3 Å². The van der Waals surface area contributed by atoms with E-state index in [1.165, 1.54) is 12.1 Å². The Morgan fingerprint density at radius 2 is 2.00 bits per heavy atom. The minimum atomic E-state index is -2.95. The van der Waals surface area contributed by atoms with Gasteiger partial charge in [-0.1, -0.05) is 18.2 Å². The topological polar surface area (TPSA) is 53.6 Å². The monoisotopic (exact) mass is 440 g/mol. The summed E-state index contributed by atoms with van der Waals surface area (Å²) in [6.45, 7) is -2.58. The Labute approximate surface area is 181 Å². The highest BCUT2D eigenvalue weighted by Gasteiger charge is 2.31. The van der Waals surface area contributed by atoms with Crippen molar-refractivity contribution < 1.29 is 22.6 Å². The average Bonchev–Trinajstić information content (AvgIpc) is 3.39. The highest BCUT2D eigenvalue weighted by Crippen LogP contribution is 2.39. The summed E-state index contributed by atoms with van der Waals surface area (Å²) in [6.07, 6.45) is 7.23. The second kappa shape index (κ2) is 7.37. The molecule has 0 radical (unpaired) electrons. The SMILES string of the molecule is Fc1cc2nc3c(n2cc1-c1cnn(C2CC2)c1)[C@@H](c1ccccc1OC(F)F)OCC3. The largest absolute Gasteiger partial charge is 0.434 e. The molecule has 0 saturated heterocycles. The number of para-hydroxylation sites is 1. The average molecular weight is 440 g/mol. The minimum absolute atomic E-state index is 0.0448. The van der Waals surface area contributed by atoms with Gasteiger partial charge in [0.25, 0.3) is 0 Å². The lowest BCUT2D eigenvalue weighted by molar-refractivity contribution is -0.0522. The van der Waals surface area contributed by atoms with Crippen molar-refractivity contribution in [3.8, 4) is 16.9 Å². The molecule has 0 N–H and O–H groups in total. The van der Waals surface area contributed by atoms with E-state index in [2.05, 4.69) is 10.1 Å². The van der Waals surface area contributed by atoms with Crippen LogP contribution in [0.3, 0.4) is 0 Å². The van der Waals surface area contributed by atoms with E-state index in [-0.39, 0.29) is 5.75 Å². The molecule has 4 heterocycles. The molecule has 164 valence electrons. The Morgan fingerprint density at radius 1 is 1.16 bits per heavy atom. The molecular weight excluding hydrogens is 421 g/mol. The van der Waals surface area contributed by atoms with Gasteiger partial charge in [-0.05, 0) is 18.9 Å². The number of aromatic nitrogens is 4. The molecule has 1 saturated carbocycles. The smallest absolute Gasteiger partial charge is 0.387 e. The Balaban J connectivity index is 1.49. The summed E-state index contributed by atoms with van der Waals surface area (Å²) < 4.78 is 55.3. The molecule has 3 aromatic heterocycles. The standard InChI is InChI=1S/C23H19F3N4O2/c24-17-9-20-28-18-7-8-31-22(15-3-1-2-4-19(15)32-23(25)26)21(18)29(20)12-16(17)13-10-27-30(11-13)14-5-6-14/h1-4,9-12,14,22-23H,5-8H2/t22-/m1/s1. The van der Waals surface area contributed by atoms with Crippen molar-refractivity contribution in [1.29, 1.82) is 0 Å². The van der Waals surface area contributed by atoms with E-state index >= 15 is 0 Å². The van der Waals surface area contributed by atoms with E-state index in [9.17, 15) is 13.2 Å². The van der Waals surface area contributed by atoms with Gasteiger partial charge in [0.05, 0.1) is 30.2 Å². The lowest BCUT2D eigenvalue weighted by Gasteiger charge is -2.25. The van der Waals surface area contributed by atoms with Gasteiger partial charge in [-0.25, -0.2) is 9.37 Å². The van der Waals surface area contributed by atoms with Crippen LogP contribution in [0.5, 0.6) is 5.75 Å². The summed E-state index contributed by atoms with van der Waals surface area (Å²) in [5.74, 6) is -0.350. The number of hydrogen-bond donors (Lipinski definition) is 0. The predicted octanol–water partition coefficient (Wildman–Crippen LogP) is 4.94. The fraction of sp³-hybridized carbons (Fsp3) is 0.304. The van der Waals surface area contributed by atoms with Crippen LogP contribution in [-0.4, -0.2) is 32.4 Å². The van der Waals surface area contributed by atoms with Crippen molar-refractivity contribution >= 4 is 5.65 Å². The lowest BCUT2D eigenvalue weighted by atomic mass is 10.0. The number of halogens is 3. The fourth-order valence-electron chi connectivity index (χ4n) is 4.31. The molecule has 1 atom stereocenters. The minimum Gasteiger partial charge on any atom is -0.434 e. The van der Waals surface area contributed by atoms with Crippen molar-refractivity contribution in [2.24, 2.45) is 0 Å². The highest BCUT2D eigenvalue weighted by atomic mass is 19.3. The molecule has 6 nitrogen and oxygen atoms in total. The van der Waals surface area contributed by atoms with Crippen LogP contribution >= 0.6 is 0 Å². The zero-order chi connectivity index (χ0) is 21.8. The predicted molar refractivity (Wildman–Crippen MR) is 109 cm³/mol. The van der Waals surface area contributed by atoms with Gasteiger partial charge in [0, 0.05) is 41.6 Å².